The summed E-state index contributed by atoms with van der Waals surface area (Å²) in [7, 11) is 0. The van der Waals surface area contributed by atoms with Gasteiger partial charge in [-0.1, -0.05) is 91.0 Å². The lowest BCUT2D eigenvalue weighted by atomic mass is 9.91. The van der Waals surface area contributed by atoms with Gasteiger partial charge in [-0.15, -0.1) is 0 Å². The maximum Gasteiger partial charge on any atom is 0.418 e. The molecule has 208 valence electrons. The summed E-state index contributed by atoms with van der Waals surface area (Å²) in [6.45, 7) is 0.0625. The zero-order valence-electron chi connectivity index (χ0n) is 22.2. The monoisotopic (exact) mass is 563 g/mol. The van der Waals surface area contributed by atoms with Crippen molar-refractivity contribution in [1.29, 1.82) is 0 Å². The molecule has 0 radical (unpaired) electrons. The molecule has 4 nitrogen and oxygen atoms in total. The van der Waals surface area contributed by atoms with E-state index < -0.39 is 17.7 Å². The van der Waals surface area contributed by atoms with Gasteiger partial charge in [0.2, 0.25) is 0 Å². The van der Waals surface area contributed by atoms with E-state index in [1.54, 1.807) is 12.1 Å². The van der Waals surface area contributed by atoms with Gasteiger partial charge in [0.15, 0.2) is 0 Å². The number of hydrogen-bond acceptors (Lipinski definition) is 3. The fraction of sp³-hybridized carbons (Fsp3) is 0.0857. The van der Waals surface area contributed by atoms with Crippen LogP contribution < -0.4 is 4.74 Å². The van der Waals surface area contributed by atoms with Gasteiger partial charge >= 0.3 is 12.1 Å². The second kappa shape index (κ2) is 11.0. The maximum absolute atomic E-state index is 13.9. The number of pyridine rings is 1. The Balaban J connectivity index is 1.44. The summed E-state index contributed by atoms with van der Waals surface area (Å²) in [5.74, 6) is -0.835. The Morgan fingerprint density at radius 1 is 0.786 bits per heavy atom. The number of carbonyl (C=O) groups is 1. The van der Waals surface area contributed by atoms with Crippen LogP contribution in [-0.4, -0.2) is 16.1 Å². The van der Waals surface area contributed by atoms with Crippen LogP contribution in [0.2, 0.25) is 0 Å². The number of aromatic carboxylic acids is 1. The maximum atomic E-state index is 13.9. The van der Waals surface area contributed by atoms with Crippen molar-refractivity contribution in [2.24, 2.45) is 0 Å². The summed E-state index contributed by atoms with van der Waals surface area (Å²) in [6.07, 6.45) is -2.55. The summed E-state index contributed by atoms with van der Waals surface area (Å²) in [4.78, 5) is 16.2. The Morgan fingerprint density at radius 3 is 2.29 bits per heavy atom. The molecule has 42 heavy (non-hydrogen) atoms. The van der Waals surface area contributed by atoms with E-state index in [1.165, 1.54) is 18.3 Å². The van der Waals surface area contributed by atoms with Gasteiger partial charge in [0.1, 0.15) is 17.9 Å². The fourth-order valence-corrected chi connectivity index (χ4v) is 5.32. The molecule has 0 saturated carbocycles. The highest BCUT2D eigenvalue weighted by Crippen LogP contribution is 2.39. The third-order valence-corrected chi connectivity index (χ3v) is 7.23. The molecule has 6 rings (SSSR count). The molecule has 7 heteroatoms. The smallest absolute Gasteiger partial charge is 0.418 e. The van der Waals surface area contributed by atoms with E-state index in [0.29, 0.717) is 28.3 Å². The molecule has 1 heterocycles. The quantitative estimate of drug-likeness (QED) is 0.211. The Labute approximate surface area is 239 Å². The first-order valence-corrected chi connectivity index (χ1v) is 13.3. The molecule has 0 atom stereocenters. The van der Waals surface area contributed by atoms with Gasteiger partial charge in [-0.05, 0) is 57.8 Å². The van der Waals surface area contributed by atoms with Crippen molar-refractivity contribution < 1.29 is 27.8 Å². The number of hydrogen-bond donors (Lipinski definition) is 1. The van der Waals surface area contributed by atoms with E-state index in [9.17, 15) is 23.1 Å². The van der Waals surface area contributed by atoms with Gasteiger partial charge < -0.3 is 9.84 Å². The van der Waals surface area contributed by atoms with Gasteiger partial charge in [0, 0.05) is 17.0 Å². The van der Waals surface area contributed by atoms with Gasteiger partial charge in [-0.2, -0.15) is 13.2 Å². The van der Waals surface area contributed by atoms with Crippen LogP contribution >= 0.6 is 0 Å². The van der Waals surface area contributed by atoms with Gasteiger partial charge in [-0.3, -0.25) is 4.98 Å². The molecule has 0 amide bonds. The van der Waals surface area contributed by atoms with Gasteiger partial charge in [0.05, 0.1) is 11.1 Å². The molecule has 5 aromatic carbocycles. The number of rotatable bonds is 7. The average Bonchev–Trinajstić information content (AvgIpc) is 2.99. The van der Waals surface area contributed by atoms with Crippen LogP contribution in [0.4, 0.5) is 13.2 Å². The van der Waals surface area contributed by atoms with Gasteiger partial charge in [0.25, 0.3) is 0 Å². The summed E-state index contributed by atoms with van der Waals surface area (Å²) in [6, 6.07) is 31.8. The predicted molar refractivity (Wildman–Crippen MR) is 157 cm³/mol. The Bertz CT molecular complexity index is 1930. The highest BCUT2D eigenvalue weighted by molar-refractivity contribution is 6.01. The molecule has 0 spiro atoms. The minimum Gasteiger partial charge on any atom is -0.487 e. The molecule has 0 saturated heterocycles. The lowest BCUT2D eigenvalue weighted by molar-refractivity contribution is -0.136. The zero-order valence-corrected chi connectivity index (χ0v) is 22.2. The minimum atomic E-state index is -4.55. The van der Waals surface area contributed by atoms with Crippen molar-refractivity contribution in [1.82, 2.24) is 4.98 Å². The van der Waals surface area contributed by atoms with Crippen LogP contribution in [0.3, 0.4) is 0 Å². The topological polar surface area (TPSA) is 59.4 Å². The van der Waals surface area contributed by atoms with Crippen LogP contribution in [-0.2, 0) is 19.2 Å². The highest BCUT2D eigenvalue weighted by Gasteiger charge is 2.33. The number of alkyl halides is 3. The minimum absolute atomic E-state index is 0.0507. The van der Waals surface area contributed by atoms with E-state index in [1.807, 2.05) is 78.9 Å². The Morgan fingerprint density at radius 2 is 1.50 bits per heavy atom. The lowest BCUT2D eigenvalue weighted by Gasteiger charge is -2.17. The molecular weight excluding hydrogens is 539 g/mol. The van der Waals surface area contributed by atoms with Crippen LogP contribution in [0.5, 0.6) is 5.75 Å². The number of fused-ring (bicyclic) bond motifs is 2. The first kappa shape index (κ1) is 27.0. The largest absolute Gasteiger partial charge is 0.487 e. The lowest BCUT2D eigenvalue weighted by Crippen LogP contribution is -2.07. The molecule has 0 bridgehead atoms. The first-order chi connectivity index (χ1) is 20.3. The molecule has 0 aliphatic heterocycles. The Hall–Kier alpha value is -5.17. The standard InChI is InChI=1S/C35H24F3NO3/c36-35(37,38)30-15-7-14-28-31(26(20-39-32(28)30)18-22-8-2-1-3-9-22)25-12-6-10-23(19-25)21-42-33-27-13-5-4-11-24(27)16-17-29(33)34(40)41/h1-17,19-20H,18,21H2,(H,40,41). The second-order valence-corrected chi connectivity index (χ2v) is 9.98. The van der Waals surface area contributed by atoms with Crippen molar-refractivity contribution >= 4 is 27.6 Å². The number of ether oxygens (including phenoxy) is 1. The van der Waals surface area contributed by atoms with Crippen LogP contribution in [0, 0.1) is 0 Å². The molecule has 1 aromatic heterocycles. The van der Waals surface area contributed by atoms with Crippen molar-refractivity contribution in [2.45, 2.75) is 19.2 Å². The van der Waals surface area contributed by atoms with E-state index in [-0.39, 0.29) is 23.4 Å². The second-order valence-electron chi connectivity index (χ2n) is 9.98. The number of carboxylic acid groups (broad SMARTS) is 1. The van der Waals surface area contributed by atoms with Crippen molar-refractivity contribution in [3.8, 4) is 16.9 Å². The predicted octanol–water partition coefficient (Wildman–Crippen LogP) is 8.94. The van der Waals surface area contributed by atoms with Crippen LogP contribution in [0.15, 0.2) is 115 Å². The van der Waals surface area contributed by atoms with Crippen molar-refractivity contribution in [3.05, 3.63) is 143 Å². The molecule has 0 aliphatic carbocycles. The number of aromatic nitrogens is 1. The molecule has 0 aliphatic rings. The summed E-state index contributed by atoms with van der Waals surface area (Å²) in [5, 5.41) is 11.7. The first-order valence-electron chi connectivity index (χ1n) is 13.3. The zero-order chi connectivity index (χ0) is 29.3. The normalized spacial score (nSPS) is 11.6. The molecule has 0 unspecified atom stereocenters. The van der Waals surface area contributed by atoms with Crippen molar-refractivity contribution in [3.63, 3.8) is 0 Å². The molecule has 0 fully saturated rings. The fourth-order valence-electron chi connectivity index (χ4n) is 5.32. The summed E-state index contributed by atoms with van der Waals surface area (Å²) >= 11 is 0. The van der Waals surface area contributed by atoms with E-state index in [4.69, 9.17) is 4.74 Å². The third kappa shape index (κ3) is 5.29. The van der Waals surface area contributed by atoms with E-state index >= 15 is 0 Å². The number of benzene rings is 5. The van der Waals surface area contributed by atoms with E-state index in [2.05, 4.69) is 4.98 Å². The number of carboxylic acids is 1. The number of nitrogens with zero attached hydrogens (tertiary/aromatic N) is 1. The summed E-state index contributed by atoms with van der Waals surface area (Å²) in [5.41, 5.74) is 3.05. The number of para-hydroxylation sites is 1. The van der Waals surface area contributed by atoms with E-state index in [0.717, 1.165) is 28.1 Å². The highest BCUT2D eigenvalue weighted by atomic mass is 19.4. The third-order valence-electron chi connectivity index (χ3n) is 7.23. The van der Waals surface area contributed by atoms with Crippen LogP contribution in [0.25, 0.3) is 32.8 Å². The molecule has 1 N–H and O–H groups in total. The van der Waals surface area contributed by atoms with Gasteiger partial charge in [-0.25, -0.2) is 4.79 Å². The number of halogens is 3. The van der Waals surface area contributed by atoms with Crippen LogP contribution in [0.1, 0.15) is 32.6 Å². The average molecular weight is 564 g/mol. The van der Waals surface area contributed by atoms with Crippen molar-refractivity contribution in [2.75, 3.05) is 0 Å². The molecule has 6 aromatic rings. The summed E-state index contributed by atoms with van der Waals surface area (Å²) < 4.78 is 47.9. The molecular formula is C35H24F3NO3. The SMILES string of the molecule is O=C(O)c1ccc2ccccc2c1OCc1cccc(-c2c(Cc3ccccc3)cnc3c(C(F)(F)F)cccc23)c1. The Kier molecular flexibility index (Phi) is 7.08.